The third kappa shape index (κ3) is 3.02. The highest BCUT2D eigenvalue weighted by Crippen LogP contribution is 2.53. The van der Waals surface area contributed by atoms with E-state index >= 15 is 0 Å². The highest BCUT2D eigenvalue weighted by atomic mass is 32.2. The maximum atomic E-state index is 12.4. The van der Waals surface area contributed by atoms with Gasteiger partial charge in [0, 0.05) is 22.8 Å². The van der Waals surface area contributed by atoms with Crippen molar-refractivity contribution in [1.29, 1.82) is 5.26 Å². The standard InChI is InChI=1S/C25H18N2O4S/c26-12-13-5-8-20(18-4-2-1-3-17(13)18)30-15-6-7-19-21(11-15)31-16-9-14(10-16)22(19)23-24(28)27-25(29)32-23/h1-8,11,14,16,22-23H,9-10H2,(H,27,28,29)/t14?,16?,22-,23?/m1/s1. The smallest absolute Gasteiger partial charge is 0.286 e. The molecule has 4 aliphatic rings. The summed E-state index contributed by atoms with van der Waals surface area (Å²) in [4.78, 5) is 24.2. The molecular formula is C25H18N2O4S. The zero-order chi connectivity index (χ0) is 21.8. The van der Waals surface area contributed by atoms with Crippen LogP contribution in [-0.2, 0) is 4.79 Å². The lowest BCUT2D eigenvalue weighted by Crippen LogP contribution is -2.39. The van der Waals surface area contributed by atoms with Crippen molar-refractivity contribution in [2.75, 3.05) is 0 Å². The minimum atomic E-state index is -0.428. The average Bonchev–Trinajstić information content (AvgIpc) is 2.94. The van der Waals surface area contributed by atoms with Crippen LogP contribution in [0.3, 0.4) is 0 Å². The largest absolute Gasteiger partial charge is 0.490 e. The molecule has 3 aromatic carbocycles. The van der Waals surface area contributed by atoms with Crippen molar-refractivity contribution in [2.45, 2.75) is 30.1 Å². The average molecular weight is 442 g/mol. The summed E-state index contributed by atoms with van der Waals surface area (Å²) >= 11 is 1.08. The normalized spacial score (nSPS) is 25.7. The number of hydrogen-bond donors (Lipinski definition) is 1. The summed E-state index contributed by atoms with van der Waals surface area (Å²) in [6.45, 7) is 0. The second-order valence-corrected chi connectivity index (χ2v) is 9.50. The quantitative estimate of drug-likeness (QED) is 0.606. The fraction of sp³-hybridized carbons (Fsp3) is 0.240. The Balaban J connectivity index is 1.37. The van der Waals surface area contributed by atoms with Crippen LogP contribution in [0.15, 0.2) is 54.6 Å². The highest BCUT2D eigenvalue weighted by molar-refractivity contribution is 8.15. The lowest BCUT2D eigenvalue weighted by Gasteiger charge is -2.37. The van der Waals surface area contributed by atoms with Gasteiger partial charge in [-0.25, -0.2) is 0 Å². The Bertz CT molecular complexity index is 1330. The van der Waals surface area contributed by atoms with E-state index in [9.17, 15) is 14.9 Å². The van der Waals surface area contributed by atoms with Crippen molar-refractivity contribution in [3.05, 3.63) is 65.7 Å². The van der Waals surface area contributed by atoms with E-state index in [1.807, 2.05) is 42.5 Å². The summed E-state index contributed by atoms with van der Waals surface area (Å²) in [7, 11) is 0. The van der Waals surface area contributed by atoms with E-state index in [1.165, 1.54) is 0 Å². The Morgan fingerprint density at radius 1 is 1.06 bits per heavy atom. The number of carbonyl (C=O) groups excluding carboxylic acids is 2. The Hall–Kier alpha value is -3.50. The minimum absolute atomic E-state index is 0.0648. The van der Waals surface area contributed by atoms with Gasteiger partial charge in [0.15, 0.2) is 0 Å². The summed E-state index contributed by atoms with van der Waals surface area (Å²) in [5.41, 5.74) is 1.55. The molecule has 1 saturated heterocycles. The number of nitriles is 1. The van der Waals surface area contributed by atoms with Crippen LogP contribution in [0.5, 0.6) is 17.2 Å². The number of thioether (sulfide) groups is 1. The van der Waals surface area contributed by atoms with E-state index < -0.39 is 5.25 Å². The van der Waals surface area contributed by atoms with Gasteiger partial charge in [0.05, 0.1) is 17.7 Å². The molecule has 1 unspecified atom stereocenters. The molecule has 2 atom stereocenters. The van der Waals surface area contributed by atoms with Crippen molar-refractivity contribution in [3.8, 4) is 23.3 Å². The first-order chi connectivity index (χ1) is 15.6. The second-order valence-electron chi connectivity index (χ2n) is 8.38. The molecule has 7 heteroatoms. The molecule has 2 amide bonds. The van der Waals surface area contributed by atoms with Crippen molar-refractivity contribution in [3.63, 3.8) is 0 Å². The number of rotatable bonds is 3. The van der Waals surface area contributed by atoms with Crippen molar-refractivity contribution < 1.29 is 19.1 Å². The molecule has 3 heterocycles. The van der Waals surface area contributed by atoms with Crippen molar-refractivity contribution in [2.24, 2.45) is 5.92 Å². The van der Waals surface area contributed by atoms with E-state index in [4.69, 9.17) is 9.47 Å². The number of hydrogen-bond acceptors (Lipinski definition) is 6. The maximum absolute atomic E-state index is 12.4. The molecule has 0 aromatic heterocycles. The van der Waals surface area contributed by atoms with Gasteiger partial charge < -0.3 is 9.47 Å². The third-order valence-corrected chi connectivity index (χ3v) is 7.63. The molecule has 0 radical (unpaired) electrons. The molecule has 3 aliphatic heterocycles. The van der Waals surface area contributed by atoms with Gasteiger partial charge in [-0.15, -0.1) is 0 Å². The molecule has 158 valence electrons. The number of fused-ring (bicyclic) bond motifs is 1. The summed E-state index contributed by atoms with van der Waals surface area (Å²) in [6.07, 6.45) is 1.89. The van der Waals surface area contributed by atoms with Crippen LogP contribution >= 0.6 is 11.8 Å². The molecule has 1 saturated carbocycles. The lowest BCUT2D eigenvalue weighted by molar-refractivity contribution is -0.119. The molecule has 3 aromatic rings. The second kappa shape index (κ2) is 7.28. The number of nitrogens with zero attached hydrogens (tertiary/aromatic N) is 1. The van der Waals surface area contributed by atoms with Crippen LogP contribution in [0.1, 0.15) is 29.9 Å². The Morgan fingerprint density at radius 3 is 2.62 bits per heavy atom. The van der Waals surface area contributed by atoms with Crippen LogP contribution in [0, 0.1) is 17.2 Å². The zero-order valence-electron chi connectivity index (χ0n) is 16.9. The van der Waals surface area contributed by atoms with Gasteiger partial charge in [-0.3, -0.25) is 14.9 Å². The molecule has 7 rings (SSSR count). The lowest BCUT2D eigenvalue weighted by atomic mass is 9.70. The van der Waals surface area contributed by atoms with E-state index in [2.05, 4.69) is 11.4 Å². The summed E-state index contributed by atoms with van der Waals surface area (Å²) in [5, 5.41) is 12.8. The topological polar surface area (TPSA) is 88.4 Å². The maximum Gasteiger partial charge on any atom is 0.286 e. The van der Waals surface area contributed by atoms with Crippen molar-refractivity contribution >= 4 is 33.7 Å². The Kier molecular flexibility index (Phi) is 4.37. The highest BCUT2D eigenvalue weighted by Gasteiger charge is 2.50. The van der Waals surface area contributed by atoms with Crippen LogP contribution < -0.4 is 14.8 Å². The van der Waals surface area contributed by atoms with Crippen LogP contribution in [0.4, 0.5) is 4.79 Å². The fourth-order valence-electron chi connectivity index (χ4n) is 4.99. The molecule has 2 fully saturated rings. The van der Waals surface area contributed by atoms with Crippen LogP contribution in [0.2, 0.25) is 0 Å². The van der Waals surface area contributed by atoms with Gasteiger partial charge in [0.1, 0.15) is 22.5 Å². The molecule has 1 N–H and O–H groups in total. The van der Waals surface area contributed by atoms with E-state index in [0.29, 0.717) is 28.7 Å². The number of benzene rings is 3. The first-order valence-electron chi connectivity index (χ1n) is 10.5. The van der Waals surface area contributed by atoms with Gasteiger partial charge in [-0.2, -0.15) is 5.26 Å². The number of ether oxygens (including phenoxy) is 2. The minimum Gasteiger partial charge on any atom is -0.490 e. The molecular weight excluding hydrogens is 424 g/mol. The van der Waals surface area contributed by atoms with Gasteiger partial charge in [0.2, 0.25) is 5.91 Å². The van der Waals surface area contributed by atoms with Crippen LogP contribution in [0.25, 0.3) is 10.8 Å². The van der Waals surface area contributed by atoms with Gasteiger partial charge in [0.25, 0.3) is 5.24 Å². The zero-order valence-corrected chi connectivity index (χ0v) is 17.7. The summed E-state index contributed by atoms with van der Waals surface area (Å²) in [6, 6.07) is 19.1. The summed E-state index contributed by atoms with van der Waals surface area (Å²) in [5.74, 6) is 2.03. The number of imide groups is 1. The first-order valence-corrected chi connectivity index (χ1v) is 11.4. The third-order valence-electron chi connectivity index (χ3n) is 6.55. The molecule has 2 bridgehead atoms. The predicted molar refractivity (Wildman–Crippen MR) is 120 cm³/mol. The van der Waals surface area contributed by atoms with Gasteiger partial charge in [-0.1, -0.05) is 42.1 Å². The van der Waals surface area contributed by atoms with Crippen LogP contribution in [-0.4, -0.2) is 22.5 Å². The van der Waals surface area contributed by atoms with E-state index in [0.717, 1.165) is 40.9 Å². The molecule has 1 aliphatic carbocycles. The SMILES string of the molecule is N#Cc1ccc(Oc2ccc3c(c2)OC2CC(C2)[C@H]3C2SC(=O)NC2=O)c2ccccc12. The Morgan fingerprint density at radius 2 is 1.88 bits per heavy atom. The van der Waals surface area contributed by atoms with Crippen molar-refractivity contribution in [1.82, 2.24) is 5.32 Å². The molecule has 0 spiro atoms. The Labute approximate surface area is 188 Å². The molecule has 6 nitrogen and oxygen atoms in total. The fourth-order valence-corrected chi connectivity index (χ4v) is 6.06. The van der Waals surface area contributed by atoms with Gasteiger partial charge >= 0.3 is 0 Å². The van der Waals surface area contributed by atoms with E-state index in [-0.39, 0.29) is 23.2 Å². The summed E-state index contributed by atoms with van der Waals surface area (Å²) < 4.78 is 12.4. The number of amides is 2. The molecule has 32 heavy (non-hydrogen) atoms. The first kappa shape index (κ1) is 19.2. The van der Waals surface area contributed by atoms with Gasteiger partial charge in [-0.05, 0) is 42.5 Å². The predicted octanol–water partition coefficient (Wildman–Crippen LogP) is 5.11. The number of carbonyl (C=O) groups is 2. The monoisotopic (exact) mass is 442 g/mol. The van der Waals surface area contributed by atoms with E-state index in [1.54, 1.807) is 12.1 Å². The number of nitrogens with one attached hydrogen (secondary N) is 1.